The van der Waals surface area contributed by atoms with E-state index < -0.39 is 0 Å². The zero-order chi connectivity index (χ0) is 15.0. The number of ether oxygens (including phenoxy) is 1. The third-order valence-electron chi connectivity index (χ3n) is 3.22. The first-order chi connectivity index (χ1) is 9.60. The Morgan fingerprint density at radius 3 is 2.45 bits per heavy atom. The van der Waals surface area contributed by atoms with Crippen LogP contribution < -0.4 is 10.1 Å². The SMILES string of the molecule is CCCCCCOc1nc(C(C)C)nc(NCC)c1C. The predicted molar refractivity (Wildman–Crippen MR) is 84.7 cm³/mol. The molecule has 0 aliphatic heterocycles. The maximum atomic E-state index is 5.87. The number of hydrogen-bond donors (Lipinski definition) is 1. The summed E-state index contributed by atoms with van der Waals surface area (Å²) >= 11 is 0. The first-order valence-corrected chi connectivity index (χ1v) is 7.85. The van der Waals surface area contributed by atoms with E-state index in [-0.39, 0.29) is 0 Å². The van der Waals surface area contributed by atoms with Gasteiger partial charge in [0.2, 0.25) is 5.88 Å². The molecule has 0 unspecified atom stereocenters. The zero-order valence-corrected chi connectivity index (χ0v) is 13.6. The van der Waals surface area contributed by atoms with Crippen LogP contribution in [-0.2, 0) is 0 Å². The molecule has 114 valence electrons. The van der Waals surface area contributed by atoms with Gasteiger partial charge in [0.1, 0.15) is 11.6 Å². The van der Waals surface area contributed by atoms with E-state index in [0.717, 1.165) is 42.7 Å². The molecule has 0 fully saturated rings. The largest absolute Gasteiger partial charge is 0.477 e. The van der Waals surface area contributed by atoms with Gasteiger partial charge < -0.3 is 10.1 Å². The summed E-state index contributed by atoms with van der Waals surface area (Å²) in [7, 11) is 0. The van der Waals surface area contributed by atoms with Crippen LogP contribution in [0, 0.1) is 6.92 Å². The molecular formula is C16H29N3O. The Balaban J connectivity index is 2.76. The fourth-order valence-corrected chi connectivity index (χ4v) is 1.95. The molecule has 0 atom stereocenters. The van der Waals surface area contributed by atoms with Crippen LogP contribution in [0.3, 0.4) is 0 Å². The smallest absolute Gasteiger partial charge is 0.221 e. The standard InChI is InChI=1S/C16H29N3O/c1-6-8-9-10-11-20-16-13(5)15(17-7-2)18-14(19-16)12(3)4/h12H,6-11H2,1-5H3,(H,17,18,19). The molecule has 4 nitrogen and oxygen atoms in total. The van der Waals surface area contributed by atoms with Gasteiger partial charge in [-0.3, -0.25) is 0 Å². The molecule has 0 bridgehead atoms. The summed E-state index contributed by atoms with van der Waals surface area (Å²) in [6.45, 7) is 12.1. The summed E-state index contributed by atoms with van der Waals surface area (Å²) in [6, 6.07) is 0. The molecule has 0 aliphatic carbocycles. The molecule has 1 N–H and O–H groups in total. The lowest BCUT2D eigenvalue weighted by Crippen LogP contribution is -2.10. The van der Waals surface area contributed by atoms with Gasteiger partial charge in [0, 0.05) is 12.5 Å². The van der Waals surface area contributed by atoms with Gasteiger partial charge in [-0.1, -0.05) is 40.0 Å². The van der Waals surface area contributed by atoms with E-state index >= 15 is 0 Å². The Labute approximate surface area is 123 Å². The minimum Gasteiger partial charge on any atom is -0.477 e. The molecule has 0 radical (unpaired) electrons. The van der Waals surface area contributed by atoms with Crippen LogP contribution in [-0.4, -0.2) is 23.1 Å². The average molecular weight is 279 g/mol. The maximum absolute atomic E-state index is 5.87. The van der Waals surface area contributed by atoms with Crippen molar-refractivity contribution in [3.8, 4) is 5.88 Å². The Morgan fingerprint density at radius 2 is 1.85 bits per heavy atom. The molecular weight excluding hydrogens is 250 g/mol. The highest BCUT2D eigenvalue weighted by molar-refractivity contribution is 5.48. The van der Waals surface area contributed by atoms with Crippen LogP contribution in [0.1, 0.15) is 70.7 Å². The Bertz CT molecular complexity index is 405. The maximum Gasteiger partial charge on any atom is 0.221 e. The minimum atomic E-state index is 0.301. The molecule has 1 aromatic rings. The van der Waals surface area contributed by atoms with Gasteiger partial charge in [-0.05, 0) is 20.3 Å². The van der Waals surface area contributed by atoms with Crippen LogP contribution in [0.4, 0.5) is 5.82 Å². The monoisotopic (exact) mass is 279 g/mol. The summed E-state index contributed by atoms with van der Waals surface area (Å²) in [5, 5.41) is 3.29. The number of anilines is 1. The van der Waals surface area contributed by atoms with Gasteiger partial charge in [-0.25, -0.2) is 4.98 Å². The Hall–Kier alpha value is -1.32. The van der Waals surface area contributed by atoms with Crippen molar-refractivity contribution in [2.75, 3.05) is 18.5 Å². The first kappa shape index (κ1) is 16.7. The van der Waals surface area contributed by atoms with Crippen molar-refractivity contribution in [1.82, 2.24) is 9.97 Å². The summed E-state index contributed by atoms with van der Waals surface area (Å²) in [4.78, 5) is 9.14. The lowest BCUT2D eigenvalue weighted by molar-refractivity contribution is 0.290. The van der Waals surface area contributed by atoms with Crippen molar-refractivity contribution >= 4 is 5.82 Å². The van der Waals surface area contributed by atoms with E-state index in [2.05, 4.69) is 43.0 Å². The summed E-state index contributed by atoms with van der Waals surface area (Å²) in [6.07, 6.45) is 4.82. The third-order valence-corrected chi connectivity index (χ3v) is 3.22. The molecule has 20 heavy (non-hydrogen) atoms. The summed E-state index contributed by atoms with van der Waals surface area (Å²) in [5.41, 5.74) is 1.01. The van der Waals surface area contributed by atoms with Crippen molar-refractivity contribution in [3.05, 3.63) is 11.4 Å². The molecule has 0 saturated carbocycles. The second kappa shape index (κ2) is 8.77. The van der Waals surface area contributed by atoms with Gasteiger partial charge in [-0.15, -0.1) is 0 Å². The average Bonchev–Trinajstić information content (AvgIpc) is 2.42. The Morgan fingerprint density at radius 1 is 1.10 bits per heavy atom. The number of unbranched alkanes of at least 4 members (excludes halogenated alkanes) is 3. The number of rotatable bonds is 9. The molecule has 0 aliphatic rings. The van der Waals surface area contributed by atoms with E-state index in [1.165, 1.54) is 19.3 Å². The van der Waals surface area contributed by atoms with Crippen molar-refractivity contribution in [1.29, 1.82) is 0 Å². The topological polar surface area (TPSA) is 47.0 Å². The van der Waals surface area contributed by atoms with Crippen LogP contribution in [0.15, 0.2) is 0 Å². The normalized spacial score (nSPS) is 10.9. The van der Waals surface area contributed by atoms with Gasteiger partial charge in [-0.2, -0.15) is 4.98 Å². The van der Waals surface area contributed by atoms with Gasteiger partial charge in [0.25, 0.3) is 0 Å². The molecule has 0 amide bonds. The third kappa shape index (κ3) is 4.99. The number of nitrogens with zero attached hydrogens (tertiary/aromatic N) is 2. The quantitative estimate of drug-likeness (QED) is 0.685. The zero-order valence-electron chi connectivity index (χ0n) is 13.6. The van der Waals surface area contributed by atoms with Crippen molar-refractivity contribution in [2.45, 2.75) is 66.2 Å². The first-order valence-electron chi connectivity index (χ1n) is 7.85. The number of aromatic nitrogens is 2. The molecule has 1 heterocycles. The van der Waals surface area contributed by atoms with Crippen LogP contribution in [0.5, 0.6) is 5.88 Å². The second-order valence-electron chi connectivity index (χ2n) is 5.45. The molecule has 1 aromatic heterocycles. The molecule has 4 heteroatoms. The van der Waals surface area contributed by atoms with Crippen LogP contribution in [0.25, 0.3) is 0 Å². The molecule has 0 spiro atoms. The van der Waals surface area contributed by atoms with Gasteiger partial charge >= 0.3 is 0 Å². The lowest BCUT2D eigenvalue weighted by Gasteiger charge is -2.15. The Kier molecular flexibility index (Phi) is 7.34. The molecule has 0 saturated heterocycles. The fraction of sp³-hybridized carbons (Fsp3) is 0.750. The number of nitrogens with one attached hydrogen (secondary N) is 1. The summed E-state index contributed by atoms with van der Waals surface area (Å²) in [5.74, 6) is 2.77. The highest BCUT2D eigenvalue weighted by atomic mass is 16.5. The van der Waals surface area contributed by atoms with Crippen LogP contribution >= 0.6 is 0 Å². The summed E-state index contributed by atoms with van der Waals surface area (Å²) < 4.78 is 5.87. The van der Waals surface area contributed by atoms with Crippen LogP contribution in [0.2, 0.25) is 0 Å². The lowest BCUT2D eigenvalue weighted by atomic mass is 10.2. The fourth-order valence-electron chi connectivity index (χ4n) is 1.95. The van der Waals surface area contributed by atoms with E-state index in [9.17, 15) is 0 Å². The van der Waals surface area contributed by atoms with Crippen molar-refractivity contribution < 1.29 is 4.74 Å². The highest BCUT2D eigenvalue weighted by Gasteiger charge is 2.13. The minimum absolute atomic E-state index is 0.301. The van der Waals surface area contributed by atoms with Crippen molar-refractivity contribution in [2.24, 2.45) is 0 Å². The van der Waals surface area contributed by atoms with Crippen molar-refractivity contribution in [3.63, 3.8) is 0 Å². The number of hydrogen-bond acceptors (Lipinski definition) is 4. The predicted octanol–water partition coefficient (Wildman–Crippen LogP) is 4.30. The van der Waals surface area contributed by atoms with Gasteiger partial charge in [0.15, 0.2) is 0 Å². The second-order valence-corrected chi connectivity index (χ2v) is 5.45. The van der Waals surface area contributed by atoms with E-state index in [0.29, 0.717) is 5.92 Å². The molecule has 1 rings (SSSR count). The van der Waals surface area contributed by atoms with Gasteiger partial charge in [0.05, 0.1) is 12.2 Å². The molecule has 0 aromatic carbocycles. The van der Waals surface area contributed by atoms with E-state index in [1.54, 1.807) is 0 Å². The highest BCUT2D eigenvalue weighted by Crippen LogP contribution is 2.25. The van der Waals surface area contributed by atoms with E-state index in [4.69, 9.17) is 4.74 Å². The van der Waals surface area contributed by atoms with E-state index in [1.807, 2.05) is 6.92 Å².